The lowest BCUT2D eigenvalue weighted by Gasteiger charge is -2.16. The number of para-hydroxylation sites is 2. The number of benzene rings is 3. The molecular weight excluding hydrogens is 490 g/mol. The summed E-state index contributed by atoms with van der Waals surface area (Å²) in [7, 11) is 0. The minimum absolute atomic E-state index is 0.368. The van der Waals surface area contributed by atoms with Crippen molar-refractivity contribution in [3.05, 3.63) is 106 Å². The van der Waals surface area contributed by atoms with Crippen molar-refractivity contribution in [1.82, 2.24) is 14.8 Å². The SMILES string of the molecule is CC(C)c1cccc(C(C)C)c1N=Cc1nc(C=Nc2c(C(C)C)cccc2C(C)C)n(Cc2ccccc2)n1. The summed E-state index contributed by atoms with van der Waals surface area (Å²) in [5.74, 6) is 2.76. The lowest BCUT2D eigenvalue weighted by Crippen LogP contribution is -2.07. The number of aromatic nitrogens is 3. The highest BCUT2D eigenvalue weighted by atomic mass is 15.3. The van der Waals surface area contributed by atoms with Crippen molar-refractivity contribution < 1.29 is 0 Å². The Labute approximate surface area is 240 Å². The highest BCUT2D eigenvalue weighted by molar-refractivity contribution is 5.83. The van der Waals surface area contributed by atoms with E-state index < -0.39 is 0 Å². The van der Waals surface area contributed by atoms with E-state index in [4.69, 9.17) is 20.1 Å². The van der Waals surface area contributed by atoms with Gasteiger partial charge in [-0.3, -0.25) is 9.98 Å². The first-order valence-electron chi connectivity index (χ1n) is 14.5. The van der Waals surface area contributed by atoms with E-state index >= 15 is 0 Å². The quantitative estimate of drug-likeness (QED) is 0.191. The monoisotopic (exact) mass is 533 g/mol. The highest BCUT2D eigenvalue weighted by Gasteiger charge is 2.16. The molecule has 0 amide bonds. The first-order chi connectivity index (χ1) is 19.2. The smallest absolute Gasteiger partial charge is 0.192 e. The van der Waals surface area contributed by atoms with Gasteiger partial charge < -0.3 is 0 Å². The van der Waals surface area contributed by atoms with Crippen LogP contribution in [-0.4, -0.2) is 27.2 Å². The molecule has 0 atom stereocenters. The van der Waals surface area contributed by atoms with Gasteiger partial charge in [-0.25, -0.2) is 9.67 Å². The lowest BCUT2D eigenvalue weighted by atomic mass is 9.93. The first-order valence-corrected chi connectivity index (χ1v) is 14.5. The Hall–Kier alpha value is -3.86. The summed E-state index contributed by atoms with van der Waals surface area (Å²) in [6, 6.07) is 23.3. The predicted molar refractivity (Wildman–Crippen MR) is 169 cm³/mol. The standard InChI is InChI=1S/C35H43N5/c1-23(2)28-16-12-17-29(24(3)4)34(28)36-20-32-38-33(40(39-32)22-27-14-10-9-11-15-27)21-37-35-30(25(5)6)18-13-19-31(35)26(7)8/h9-21,23-26H,22H2,1-8H3. The fraction of sp³-hybridized carbons (Fsp3) is 0.371. The molecule has 0 aliphatic carbocycles. The fourth-order valence-corrected chi connectivity index (χ4v) is 4.96. The molecule has 0 N–H and O–H groups in total. The van der Waals surface area contributed by atoms with E-state index in [1.54, 1.807) is 6.21 Å². The van der Waals surface area contributed by atoms with Crippen LogP contribution in [0, 0.1) is 0 Å². The summed E-state index contributed by atoms with van der Waals surface area (Å²) < 4.78 is 1.92. The largest absolute Gasteiger partial charge is 0.252 e. The normalized spacial score (nSPS) is 12.3. The van der Waals surface area contributed by atoms with Crippen LogP contribution in [0.3, 0.4) is 0 Å². The van der Waals surface area contributed by atoms with Gasteiger partial charge in [0.15, 0.2) is 11.6 Å². The van der Waals surface area contributed by atoms with Gasteiger partial charge in [0.2, 0.25) is 0 Å². The summed E-state index contributed by atoms with van der Waals surface area (Å²) >= 11 is 0. The van der Waals surface area contributed by atoms with Crippen LogP contribution < -0.4 is 0 Å². The second-order valence-electron chi connectivity index (χ2n) is 11.7. The van der Waals surface area contributed by atoms with E-state index in [-0.39, 0.29) is 0 Å². The van der Waals surface area contributed by atoms with Crippen LogP contribution in [0.15, 0.2) is 76.7 Å². The fourth-order valence-electron chi connectivity index (χ4n) is 4.96. The topological polar surface area (TPSA) is 55.4 Å². The zero-order valence-corrected chi connectivity index (χ0v) is 25.3. The third-order valence-electron chi connectivity index (χ3n) is 7.20. The first kappa shape index (κ1) is 29.1. The molecule has 208 valence electrons. The molecule has 0 radical (unpaired) electrons. The molecule has 0 bridgehead atoms. The summed E-state index contributed by atoms with van der Waals surface area (Å²) in [6.45, 7) is 18.3. The van der Waals surface area contributed by atoms with E-state index in [1.807, 2.05) is 29.1 Å². The van der Waals surface area contributed by atoms with Crippen LogP contribution in [0.5, 0.6) is 0 Å². The number of hydrogen-bond donors (Lipinski definition) is 0. The Morgan fingerprint density at radius 2 is 1.05 bits per heavy atom. The van der Waals surface area contributed by atoms with Gasteiger partial charge in [0, 0.05) is 0 Å². The molecule has 0 aliphatic rings. The maximum absolute atomic E-state index is 5.03. The van der Waals surface area contributed by atoms with Crippen LogP contribution >= 0.6 is 0 Å². The molecular formula is C35H43N5. The van der Waals surface area contributed by atoms with Gasteiger partial charge >= 0.3 is 0 Å². The van der Waals surface area contributed by atoms with Crippen LogP contribution in [0.25, 0.3) is 0 Å². The molecule has 0 spiro atoms. The average molecular weight is 534 g/mol. The van der Waals surface area contributed by atoms with Crippen molar-refractivity contribution in [1.29, 1.82) is 0 Å². The van der Waals surface area contributed by atoms with E-state index in [1.165, 1.54) is 22.3 Å². The van der Waals surface area contributed by atoms with Gasteiger partial charge in [-0.2, -0.15) is 0 Å². The maximum Gasteiger partial charge on any atom is 0.192 e. The van der Waals surface area contributed by atoms with E-state index in [0.29, 0.717) is 41.9 Å². The van der Waals surface area contributed by atoms with Crippen molar-refractivity contribution in [3.8, 4) is 0 Å². The van der Waals surface area contributed by atoms with Gasteiger partial charge in [0.25, 0.3) is 0 Å². The lowest BCUT2D eigenvalue weighted by molar-refractivity contribution is 0.679. The predicted octanol–water partition coefficient (Wildman–Crippen LogP) is 9.32. The molecule has 0 aliphatic heterocycles. The highest BCUT2D eigenvalue weighted by Crippen LogP contribution is 2.35. The van der Waals surface area contributed by atoms with Crippen molar-refractivity contribution in [2.24, 2.45) is 9.98 Å². The molecule has 5 nitrogen and oxygen atoms in total. The van der Waals surface area contributed by atoms with Gasteiger partial charge in [0.05, 0.1) is 30.3 Å². The van der Waals surface area contributed by atoms with Crippen LogP contribution in [-0.2, 0) is 6.54 Å². The van der Waals surface area contributed by atoms with Crippen molar-refractivity contribution in [2.45, 2.75) is 85.6 Å². The molecule has 5 heteroatoms. The summed E-state index contributed by atoms with van der Waals surface area (Å²) in [5, 5.41) is 4.86. The van der Waals surface area contributed by atoms with E-state index in [9.17, 15) is 0 Å². The Kier molecular flexibility index (Phi) is 9.46. The molecule has 0 unspecified atom stereocenters. The molecule has 0 saturated heterocycles. The van der Waals surface area contributed by atoms with Gasteiger partial charge in [-0.15, -0.1) is 5.10 Å². The average Bonchev–Trinajstić information content (AvgIpc) is 3.31. The number of rotatable bonds is 10. The Morgan fingerprint density at radius 1 is 0.600 bits per heavy atom. The molecule has 1 heterocycles. The Balaban J connectivity index is 1.78. The second kappa shape index (κ2) is 13.0. The van der Waals surface area contributed by atoms with Crippen LogP contribution in [0.2, 0.25) is 0 Å². The number of hydrogen-bond acceptors (Lipinski definition) is 4. The minimum Gasteiger partial charge on any atom is -0.252 e. The van der Waals surface area contributed by atoms with Crippen molar-refractivity contribution in [2.75, 3.05) is 0 Å². The third-order valence-corrected chi connectivity index (χ3v) is 7.20. The van der Waals surface area contributed by atoms with Gasteiger partial charge in [-0.1, -0.05) is 122 Å². The summed E-state index contributed by atoms with van der Waals surface area (Å²) in [6.07, 6.45) is 3.66. The second-order valence-corrected chi connectivity index (χ2v) is 11.7. The molecule has 0 saturated carbocycles. The zero-order chi connectivity index (χ0) is 28.8. The molecule has 4 aromatic rings. The summed E-state index contributed by atoms with van der Waals surface area (Å²) in [4.78, 5) is 14.9. The van der Waals surface area contributed by atoms with Crippen molar-refractivity contribution in [3.63, 3.8) is 0 Å². The Morgan fingerprint density at radius 3 is 1.50 bits per heavy atom. The maximum atomic E-state index is 5.03. The van der Waals surface area contributed by atoms with Crippen LogP contribution in [0.4, 0.5) is 11.4 Å². The van der Waals surface area contributed by atoms with Crippen molar-refractivity contribution >= 4 is 23.8 Å². The zero-order valence-electron chi connectivity index (χ0n) is 25.3. The van der Waals surface area contributed by atoms with Gasteiger partial charge in [0.1, 0.15) is 0 Å². The molecule has 40 heavy (non-hydrogen) atoms. The molecule has 0 fully saturated rings. The Bertz CT molecular complexity index is 1420. The summed E-state index contributed by atoms with van der Waals surface area (Å²) in [5.41, 5.74) is 8.16. The van der Waals surface area contributed by atoms with Gasteiger partial charge in [-0.05, 0) is 51.5 Å². The minimum atomic E-state index is 0.368. The molecule has 4 rings (SSSR count). The molecule has 3 aromatic carbocycles. The van der Waals surface area contributed by atoms with E-state index in [0.717, 1.165) is 16.9 Å². The number of aliphatic imine (C=N–C) groups is 2. The third kappa shape index (κ3) is 6.82. The number of nitrogens with zero attached hydrogens (tertiary/aromatic N) is 5. The van der Waals surface area contributed by atoms with E-state index in [2.05, 4.69) is 104 Å². The van der Waals surface area contributed by atoms with Crippen LogP contribution in [0.1, 0.15) is 119 Å². The molecule has 1 aromatic heterocycles.